The fraction of sp³-hybridized carbons (Fsp3) is 0.200. The second-order valence-electron chi connectivity index (χ2n) is 8.17. The fourth-order valence-corrected chi connectivity index (χ4v) is 4.94. The summed E-state index contributed by atoms with van der Waals surface area (Å²) in [6.07, 6.45) is -0.142. The van der Waals surface area contributed by atoms with E-state index < -0.39 is 45.3 Å². The summed E-state index contributed by atoms with van der Waals surface area (Å²) in [6, 6.07) is 11.9. The SMILES string of the molecule is Cc1cc(NC(=O)C2C(c3ccc(F)c(Cl)c3)C2(Cl)Cl)cc(C(=O)Cc2ccc(F)cc2)c1F. The summed E-state index contributed by atoms with van der Waals surface area (Å²) in [7, 11) is 0. The molecule has 3 nitrogen and oxygen atoms in total. The topological polar surface area (TPSA) is 46.2 Å². The van der Waals surface area contributed by atoms with Crippen molar-refractivity contribution in [1.29, 1.82) is 0 Å². The molecule has 0 radical (unpaired) electrons. The number of halogens is 6. The summed E-state index contributed by atoms with van der Waals surface area (Å²) in [6.45, 7) is 1.47. The van der Waals surface area contributed by atoms with E-state index in [-0.39, 0.29) is 28.3 Å². The van der Waals surface area contributed by atoms with Crippen molar-refractivity contribution < 1.29 is 22.8 Å². The molecule has 1 aliphatic rings. The van der Waals surface area contributed by atoms with E-state index in [1.54, 1.807) is 0 Å². The highest BCUT2D eigenvalue weighted by molar-refractivity contribution is 6.53. The first-order chi connectivity index (χ1) is 16.0. The maximum atomic E-state index is 14.7. The van der Waals surface area contributed by atoms with Crippen LogP contribution in [-0.4, -0.2) is 16.0 Å². The van der Waals surface area contributed by atoms with E-state index in [0.29, 0.717) is 11.1 Å². The van der Waals surface area contributed by atoms with Gasteiger partial charge >= 0.3 is 0 Å². The molecule has 0 aliphatic heterocycles. The van der Waals surface area contributed by atoms with Gasteiger partial charge in [-0.3, -0.25) is 9.59 Å². The molecule has 1 saturated carbocycles. The fourth-order valence-electron chi connectivity index (χ4n) is 3.92. The summed E-state index contributed by atoms with van der Waals surface area (Å²) in [5, 5.41) is 2.52. The maximum absolute atomic E-state index is 14.7. The Morgan fingerprint density at radius 1 is 1.00 bits per heavy atom. The molecule has 3 aromatic rings. The summed E-state index contributed by atoms with van der Waals surface area (Å²) in [5.41, 5.74) is 1.16. The third-order valence-electron chi connectivity index (χ3n) is 5.74. The molecule has 4 rings (SSSR count). The average molecular weight is 527 g/mol. The van der Waals surface area contributed by atoms with Crippen LogP contribution < -0.4 is 5.32 Å². The second kappa shape index (κ2) is 9.25. The van der Waals surface area contributed by atoms with Gasteiger partial charge in [-0.15, -0.1) is 23.2 Å². The zero-order valence-electron chi connectivity index (χ0n) is 17.6. The molecule has 2 atom stereocenters. The van der Waals surface area contributed by atoms with Crippen LogP contribution in [0.15, 0.2) is 54.6 Å². The van der Waals surface area contributed by atoms with Crippen LogP contribution in [0.1, 0.15) is 33.0 Å². The van der Waals surface area contributed by atoms with E-state index in [1.165, 1.54) is 55.5 Å². The first kappa shape index (κ1) is 24.6. The minimum absolute atomic E-state index is 0.119. The number of hydrogen-bond acceptors (Lipinski definition) is 2. The quantitative estimate of drug-likeness (QED) is 0.277. The summed E-state index contributed by atoms with van der Waals surface area (Å²) in [4.78, 5) is 25.6. The zero-order valence-corrected chi connectivity index (χ0v) is 19.9. The molecular formula is C25H17Cl3F3NO2. The van der Waals surface area contributed by atoms with Crippen molar-refractivity contribution in [2.45, 2.75) is 23.6 Å². The van der Waals surface area contributed by atoms with Gasteiger partial charge in [0.2, 0.25) is 5.91 Å². The van der Waals surface area contributed by atoms with Gasteiger partial charge in [0, 0.05) is 18.0 Å². The van der Waals surface area contributed by atoms with Gasteiger partial charge in [-0.1, -0.05) is 29.8 Å². The maximum Gasteiger partial charge on any atom is 0.231 e. The van der Waals surface area contributed by atoms with Gasteiger partial charge in [-0.2, -0.15) is 0 Å². The molecule has 1 amide bonds. The minimum Gasteiger partial charge on any atom is -0.326 e. The molecule has 0 saturated heterocycles. The molecule has 176 valence electrons. The van der Waals surface area contributed by atoms with Crippen molar-refractivity contribution in [2.24, 2.45) is 5.92 Å². The van der Waals surface area contributed by atoms with Crippen molar-refractivity contribution in [3.05, 3.63) is 99.3 Å². The molecule has 0 aromatic heterocycles. The van der Waals surface area contributed by atoms with Crippen LogP contribution in [0.4, 0.5) is 18.9 Å². The van der Waals surface area contributed by atoms with Crippen molar-refractivity contribution in [1.82, 2.24) is 0 Å². The van der Waals surface area contributed by atoms with Crippen molar-refractivity contribution >= 4 is 52.2 Å². The lowest BCUT2D eigenvalue weighted by Crippen LogP contribution is -2.18. The van der Waals surface area contributed by atoms with Crippen LogP contribution in [0.3, 0.4) is 0 Å². The summed E-state index contributed by atoms with van der Waals surface area (Å²) < 4.78 is 39.9. The Bertz CT molecular complexity index is 1300. The van der Waals surface area contributed by atoms with E-state index in [4.69, 9.17) is 34.8 Å². The predicted octanol–water partition coefficient (Wildman–Crippen LogP) is 7.02. The number of carbonyl (C=O) groups excluding carboxylic acids is 2. The summed E-state index contributed by atoms with van der Waals surface area (Å²) in [5.74, 6) is -4.34. The predicted molar refractivity (Wildman–Crippen MR) is 126 cm³/mol. The third-order valence-corrected chi connectivity index (χ3v) is 6.97. The number of rotatable bonds is 6. The first-order valence-electron chi connectivity index (χ1n) is 10.2. The van der Waals surface area contributed by atoms with Gasteiger partial charge in [0.15, 0.2) is 5.78 Å². The molecule has 34 heavy (non-hydrogen) atoms. The number of ketones is 1. The third kappa shape index (κ3) is 4.81. The van der Waals surface area contributed by atoms with Crippen molar-refractivity contribution in [3.63, 3.8) is 0 Å². The highest BCUT2D eigenvalue weighted by Gasteiger charge is 2.67. The molecule has 1 N–H and O–H groups in total. The number of benzene rings is 3. The summed E-state index contributed by atoms with van der Waals surface area (Å²) >= 11 is 18.5. The van der Waals surface area contributed by atoms with Crippen LogP contribution in [0, 0.1) is 30.3 Å². The number of amides is 1. The molecule has 3 aromatic carbocycles. The van der Waals surface area contributed by atoms with Crippen LogP contribution in [0.25, 0.3) is 0 Å². The van der Waals surface area contributed by atoms with Gasteiger partial charge in [-0.25, -0.2) is 13.2 Å². The lowest BCUT2D eigenvalue weighted by Gasteiger charge is -2.11. The van der Waals surface area contributed by atoms with Gasteiger partial charge in [0.05, 0.1) is 16.5 Å². The number of aryl methyl sites for hydroxylation is 1. The smallest absolute Gasteiger partial charge is 0.231 e. The molecule has 1 aliphatic carbocycles. The van der Waals surface area contributed by atoms with Crippen LogP contribution >= 0.6 is 34.8 Å². The molecule has 1 fully saturated rings. The van der Waals surface area contributed by atoms with E-state index >= 15 is 0 Å². The van der Waals surface area contributed by atoms with E-state index in [1.807, 2.05) is 0 Å². The van der Waals surface area contributed by atoms with Gasteiger partial charge < -0.3 is 5.32 Å². The number of carbonyl (C=O) groups is 2. The Labute approximate surface area is 208 Å². The largest absolute Gasteiger partial charge is 0.326 e. The average Bonchev–Trinajstić information content (AvgIpc) is 3.36. The highest BCUT2D eigenvalue weighted by Crippen LogP contribution is 2.65. The Hall–Kier alpha value is -2.54. The number of Topliss-reactive ketones (excluding diaryl/α,β-unsaturated/α-hetero) is 1. The molecule has 2 unspecified atom stereocenters. The van der Waals surface area contributed by atoms with E-state index in [2.05, 4.69) is 5.32 Å². The van der Waals surface area contributed by atoms with E-state index in [9.17, 15) is 22.8 Å². The number of alkyl halides is 2. The highest BCUT2D eigenvalue weighted by atomic mass is 35.5. The number of hydrogen-bond donors (Lipinski definition) is 1. The molecule has 9 heteroatoms. The normalized spacial score (nSPS) is 18.4. The zero-order chi connectivity index (χ0) is 24.8. The van der Waals surface area contributed by atoms with Crippen LogP contribution in [0.2, 0.25) is 5.02 Å². The minimum atomic E-state index is -1.44. The first-order valence-corrected chi connectivity index (χ1v) is 11.3. The lowest BCUT2D eigenvalue weighted by atomic mass is 9.99. The lowest BCUT2D eigenvalue weighted by molar-refractivity contribution is -0.117. The Kier molecular flexibility index (Phi) is 6.69. The Morgan fingerprint density at radius 3 is 2.32 bits per heavy atom. The monoisotopic (exact) mass is 525 g/mol. The van der Waals surface area contributed by atoms with Gasteiger partial charge in [-0.05, 0) is 60.0 Å². The second-order valence-corrected chi connectivity index (χ2v) is 10.0. The molecule has 0 bridgehead atoms. The van der Waals surface area contributed by atoms with Crippen LogP contribution in [0.5, 0.6) is 0 Å². The Balaban J connectivity index is 1.54. The van der Waals surface area contributed by atoms with Gasteiger partial charge in [0.25, 0.3) is 0 Å². The Morgan fingerprint density at radius 2 is 1.68 bits per heavy atom. The molecule has 0 heterocycles. The molecule has 0 spiro atoms. The van der Waals surface area contributed by atoms with Crippen molar-refractivity contribution in [3.8, 4) is 0 Å². The number of nitrogens with one attached hydrogen (secondary N) is 1. The van der Waals surface area contributed by atoms with E-state index in [0.717, 1.165) is 6.07 Å². The van der Waals surface area contributed by atoms with Crippen LogP contribution in [-0.2, 0) is 11.2 Å². The standard InChI is InChI=1S/C25H17Cl3F3NO2/c1-12-8-16(11-17(23(12)31)20(33)9-13-2-5-15(29)6-3-13)32-24(34)22-21(25(22,27)28)14-4-7-19(30)18(26)10-14/h2-8,10-11,21-22H,9H2,1H3,(H,32,34). The number of anilines is 1. The van der Waals surface area contributed by atoms with Gasteiger partial charge in [0.1, 0.15) is 21.8 Å². The molecular weight excluding hydrogens is 510 g/mol. The van der Waals surface area contributed by atoms with Crippen molar-refractivity contribution in [2.75, 3.05) is 5.32 Å².